The molecule has 0 radical (unpaired) electrons. The Balaban J connectivity index is 1.85. The van der Waals surface area contributed by atoms with Gasteiger partial charge in [0.25, 0.3) is 0 Å². The third-order valence-electron chi connectivity index (χ3n) is 5.89. The van der Waals surface area contributed by atoms with Crippen LogP contribution in [0.5, 0.6) is 11.5 Å². The Hall–Kier alpha value is -4.47. The van der Waals surface area contributed by atoms with Crippen LogP contribution in [0.3, 0.4) is 0 Å². The SMILES string of the molecule is CCOc1ccc([C@@H](C(=O)NC(C)(C)C)N(C(=O)Cn2nnc3ccccc32)c2ccc(F)cc2)cc1OC. The number of hydrogen-bond donors (Lipinski definition) is 1. The molecule has 0 spiro atoms. The van der Waals surface area contributed by atoms with Gasteiger partial charge in [-0.2, -0.15) is 0 Å². The molecular weight excluding hydrogens is 501 g/mol. The molecule has 1 aromatic heterocycles. The molecule has 204 valence electrons. The summed E-state index contributed by atoms with van der Waals surface area (Å²) in [5, 5.41) is 11.3. The van der Waals surface area contributed by atoms with Gasteiger partial charge in [0.05, 0.1) is 19.2 Å². The van der Waals surface area contributed by atoms with Crippen LogP contribution in [0, 0.1) is 5.82 Å². The topological polar surface area (TPSA) is 98.6 Å². The minimum atomic E-state index is -1.12. The lowest BCUT2D eigenvalue weighted by Gasteiger charge is -2.34. The second-order valence-corrected chi connectivity index (χ2v) is 9.96. The van der Waals surface area contributed by atoms with E-state index in [1.165, 1.54) is 41.0 Å². The first-order valence-electron chi connectivity index (χ1n) is 12.6. The molecule has 4 rings (SSSR count). The van der Waals surface area contributed by atoms with E-state index in [-0.39, 0.29) is 6.54 Å². The number of anilines is 1. The third-order valence-corrected chi connectivity index (χ3v) is 5.89. The molecule has 0 saturated carbocycles. The van der Waals surface area contributed by atoms with E-state index in [1.807, 2.05) is 45.9 Å². The number of carbonyl (C=O) groups excluding carboxylic acids is 2. The van der Waals surface area contributed by atoms with Crippen molar-refractivity contribution in [2.24, 2.45) is 0 Å². The Kier molecular flexibility index (Phi) is 8.13. The van der Waals surface area contributed by atoms with Crippen molar-refractivity contribution in [2.75, 3.05) is 18.6 Å². The normalized spacial score (nSPS) is 12.2. The summed E-state index contributed by atoms with van der Waals surface area (Å²) in [7, 11) is 1.50. The lowest BCUT2D eigenvalue weighted by molar-refractivity contribution is -0.128. The van der Waals surface area contributed by atoms with Gasteiger partial charge in [0, 0.05) is 11.2 Å². The van der Waals surface area contributed by atoms with Gasteiger partial charge in [0.15, 0.2) is 11.5 Å². The van der Waals surface area contributed by atoms with Crippen LogP contribution < -0.4 is 19.7 Å². The third kappa shape index (κ3) is 6.34. The summed E-state index contributed by atoms with van der Waals surface area (Å²) in [4.78, 5) is 29.3. The maximum Gasteiger partial charge on any atom is 0.249 e. The number of aromatic nitrogens is 3. The number of carbonyl (C=O) groups is 2. The van der Waals surface area contributed by atoms with Gasteiger partial charge in [-0.3, -0.25) is 14.5 Å². The second-order valence-electron chi connectivity index (χ2n) is 9.96. The largest absolute Gasteiger partial charge is 0.493 e. The van der Waals surface area contributed by atoms with E-state index in [0.717, 1.165) is 0 Å². The van der Waals surface area contributed by atoms with Crippen molar-refractivity contribution in [1.29, 1.82) is 0 Å². The molecule has 4 aromatic rings. The van der Waals surface area contributed by atoms with E-state index in [9.17, 15) is 14.0 Å². The quantitative estimate of drug-likeness (QED) is 0.336. The zero-order chi connectivity index (χ0) is 28.2. The maximum absolute atomic E-state index is 14.1. The average Bonchev–Trinajstić information content (AvgIpc) is 3.30. The molecule has 0 aliphatic rings. The van der Waals surface area contributed by atoms with Crippen molar-refractivity contribution in [3.05, 3.63) is 78.1 Å². The zero-order valence-corrected chi connectivity index (χ0v) is 22.6. The Morgan fingerprint density at radius 1 is 1.05 bits per heavy atom. The molecule has 2 amide bonds. The molecule has 1 heterocycles. The fraction of sp³-hybridized carbons (Fsp3) is 0.310. The second kappa shape index (κ2) is 11.5. The van der Waals surface area contributed by atoms with Gasteiger partial charge in [-0.1, -0.05) is 23.4 Å². The molecule has 0 aliphatic heterocycles. The van der Waals surface area contributed by atoms with Gasteiger partial charge in [-0.05, 0) is 81.8 Å². The highest BCUT2D eigenvalue weighted by Gasteiger charge is 2.35. The van der Waals surface area contributed by atoms with E-state index >= 15 is 0 Å². The molecule has 0 saturated heterocycles. The number of amides is 2. The number of benzene rings is 3. The molecule has 3 aromatic carbocycles. The highest BCUT2D eigenvalue weighted by Crippen LogP contribution is 2.35. The number of hydrogen-bond acceptors (Lipinski definition) is 6. The van der Waals surface area contributed by atoms with E-state index < -0.39 is 29.2 Å². The predicted octanol–water partition coefficient (Wildman–Crippen LogP) is 4.67. The van der Waals surface area contributed by atoms with E-state index in [1.54, 1.807) is 24.3 Å². The molecule has 0 aliphatic carbocycles. The number of halogens is 1. The first-order chi connectivity index (χ1) is 18.6. The Morgan fingerprint density at radius 3 is 2.44 bits per heavy atom. The van der Waals surface area contributed by atoms with Crippen molar-refractivity contribution >= 4 is 28.5 Å². The van der Waals surface area contributed by atoms with Crippen molar-refractivity contribution in [3.63, 3.8) is 0 Å². The summed E-state index contributed by atoms with van der Waals surface area (Å²) in [5.74, 6) is -0.412. The van der Waals surface area contributed by atoms with Crippen molar-refractivity contribution in [2.45, 2.75) is 45.8 Å². The predicted molar refractivity (Wildman–Crippen MR) is 146 cm³/mol. The van der Waals surface area contributed by atoms with E-state index in [0.29, 0.717) is 40.4 Å². The fourth-order valence-corrected chi connectivity index (χ4v) is 4.26. The van der Waals surface area contributed by atoms with Crippen molar-refractivity contribution < 1.29 is 23.5 Å². The summed E-state index contributed by atoms with van der Waals surface area (Å²) in [5.41, 5.74) is 1.54. The summed E-state index contributed by atoms with van der Waals surface area (Å²) < 4.78 is 26.6. The molecule has 0 fully saturated rings. The first-order valence-corrected chi connectivity index (χ1v) is 12.6. The van der Waals surface area contributed by atoms with Crippen molar-refractivity contribution in [1.82, 2.24) is 20.3 Å². The van der Waals surface area contributed by atoms with E-state index in [2.05, 4.69) is 15.6 Å². The number of fused-ring (bicyclic) bond motifs is 1. The molecule has 9 nitrogen and oxygen atoms in total. The maximum atomic E-state index is 14.1. The van der Waals surface area contributed by atoms with E-state index in [4.69, 9.17) is 9.47 Å². The standard InChI is InChI=1S/C29H32FN5O4/c1-6-39-24-16-11-19(17-25(24)38-5)27(28(37)31-29(2,3)4)35(21-14-12-20(30)13-15-21)26(36)18-34-23-10-8-7-9-22(23)32-33-34/h7-17,27H,6,18H2,1-5H3,(H,31,37)/t27-/m0/s1. The number of nitrogens with zero attached hydrogens (tertiary/aromatic N) is 4. The van der Waals surface area contributed by atoms with Crippen LogP contribution in [-0.4, -0.2) is 46.1 Å². The number of rotatable bonds is 9. The lowest BCUT2D eigenvalue weighted by atomic mass is 10.00. The smallest absolute Gasteiger partial charge is 0.249 e. The minimum absolute atomic E-state index is 0.203. The number of ether oxygens (including phenoxy) is 2. The summed E-state index contributed by atoms with van der Waals surface area (Å²) in [6.45, 7) is 7.64. The summed E-state index contributed by atoms with van der Waals surface area (Å²) in [6, 6.07) is 16.7. The van der Waals surface area contributed by atoms with Gasteiger partial charge in [0.2, 0.25) is 11.8 Å². The Labute approximate surface area is 226 Å². The molecule has 10 heteroatoms. The van der Waals surface area contributed by atoms with Crippen LogP contribution in [0.25, 0.3) is 11.0 Å². The monoisotopic (exact) mass is 533 g/mol. The molecule has 39 heavy (non-hydrogen) atoms. The lowest BCUT2D eigenvalue weighted by Crippen LogP contribution is -2.50. The zero-order valence-electron chi connectivity index (χ0n) is 22.6. The average molecular weight is 534 g/mol. The van der Waals surface area contributed by atoms with Crippen molar-refractivity contribution in [3.8, 4) is 11.5 Å². The molecule has 1 atom stereocenters. The van der Waals surface area contributed by atoms with Crippen LogP contribution in [0.15, 0.2) is 66.7 Å². The molecular formula is C29H32FN5O4. The summed E-state index contributed by atoms with van der Waals surface area (Å²) in [6.07, 6.45) is 0. The minimum Gasteiger partial charge on any atom is -0.493 e. The number of nitrogens with one attached hydrogen (secondary N) is 1. The highest BCUT2D eigenvalue weighted by molar-refractivity contribution is 6.01. The van der Waals surface area contributed by atoms with Crippen LogP contribution in [0.4, 0.5) is 10.1 Å². The van der Waals surface area contributed by atoms with Gasteiger partial charge in [-0.15, -0.1) is 5.10 Å². The fourth-order valence-electron chi connectivity index (χ4n) is 4.26. The van der Waals surface area contributed by atoms with Gasteiger partial charge < -0.3 is 14.8 Å². The number of para-hydroxylation sites is 1. The number of methoxy groups -OCH3 is 1. The molecule has 1 N–H and O–H groups in total. The van der Waals surface area contributed by atoms with Crippen LogP contribution in [0.2, 0.25) is 0 Å². The molecule has 0 unspecified atom stereocenters. The van der Waals surface area contributed by atoms with Gasteiger partial charge in [-0.25, -0.2) is 9.07 Å². The van der Waals surface area contributed by atoms with Crippen LogP contribution in [-0.2, 0) is 16.1 Å². The van der Waals surface area contributed by atoms with Crippen LogP contribution >= 0.6 is 0 Å². The summed E-state index contributed by atoms with van der Waals surface area (Å²) >= 11 is 0. The van der Waals surface area contributed by atoms with Gasteiger partial charge >= 0.3 is 0 Å². The Morgan fingerprint density at radius 2 is 1.77 bits per heavy atom. The Bertz CT molecular complexity index is 1460. The first kappa shape index (κ1) is 27.6. The molecule has 0 bridgehead atoms. The van der Waals surface area contributed by atoms with Gasteiger partial charge in [0.1, 0.15) is 23.9 Å². The van der Waals surface area contributed by atoms with Crippen LogP contribution in [0.1, 0.15) is 39.3 Å². The highest BCUT2D eigenvalue weighted by atomic mass is 19.1.